The molecule has 0 aromatic carbocycles. The molecule has 0 aliphatic rings. The minimum absolute atomic E-state index is 0.167. The Morgan fingerprint density at radius 1 is 1.35 bits per heavy atom. The minimum Gasteiger partial charge on any atom is -0.365 e. The van der Waals surface area contributed by atoms with E-state index in [-0.39, 0.29) is 10.9 Å². The molecule has 0 aliphatic heterocycles. The number of anilines is 1. The van der Waals surface area contributed by atoms with Crippen LogP contribution in [0.2, 0.25) is 0 Å². The summed E-state index contributed by atoms with van der Waals surface area (Å²) in [7, 11) is 0.735. The van der Waals surface area contributed by atoms with Gasteiger partial charge in [0.05, 0.1) is 0 Å². The van der Waals surface area contributed by atoms with Gasteiger partial charge in [-0.3, -0.25) is 0 Å². The van der Waals surface area contributed by atoms with Gasteiger partial charge in [-0.2, -0.15) is 0 Å². The Kier molecular flexibility index (Phi) is 5.95. The number of aromatic nitrogens is 1. The highest BCUT2D eigenvalue weighted by Gasteiger charge is 2.18. The minimum atomic E-state index is -3.27. The Hall–Kier alpha value is -1.14. The van der Waals surface area contributed by atoms with Gasteiger partial charge in [-0.05, 0) is 38.6 Å². The Morgan fingerprint density at radius 3 is 2.50 bits per heavy atom. The number of hydrogen-bond donors (Lipinski definition) is 1. The molecule has 1 atom stereocenters. The number of nitrogens with one attached hydrogen (secondary N) is 1. The Labute approximate surface area is 122 Å². The van der Waals surface area contributed by atoms with Crippen molar-refractivity contribution in [1.29, 1.82) is 0 Å². The quantitative estimate of drug-likeness (QED) is 0.833. The fourth-order valence-corrected chi connectivity index (χ4v) is 2.97. The van der Waals surface area contributed by atoms with Crippen LogP contribution in [-0.4, -0.2) is 51.2 Å². The maximum absolute atomic E-state index is 11.8. The average molecular weight is 299 g/mol. The number of hydrogen-bond acceptors (Lipinski definition) is 5. The van der Waals surface area contributed by atoms with Gasteiger partial charge in [-0.15, -0.1) is 0 Å². The lowest BCUT2D eigenvalue weighted by molar-refractivity contribution is 0.355. The van der Waals surface area contributed by atoms with Crippen molar-refractivity contribution in [2.45, 2.75) is 31.2 Å². The molecule has 1 unspecified atom stereocenters. The Balaban J connectivity index is 2.99. The van der Waals surface area contributed by atoms with Gasteiger partial charge in [0.2, 0.25) is 0 Å². The average Bonchev–Trinajstić information content (AvgIpc) is 2.26. The zero-order valence-electron chi connectivity index (χ0n) is 12.9. The van der Waals surface area contributed by atoms with Crippen molar-refractivity contribution in [2.24, 2.45) is 5.92 Å². The fraction of sp³-hybridized carbons (Fsp3) is 0.643. The molecule has 20 heavy (non-hydrogen) atoms. The summed E-state index contributed by atoms with van der Waals surface area (Å²) in [6.07, 6.45) is 3.77. The van der Waals surface area contributed by atoms with Gasteiger partial charge >= 0.3 is 0 Å². The Morgan fingerprint density at radius 2 is 2.00 bits per heavy atom. The van der Waals surface area contributed by atoms with E-state index in [2.05, 4.69) is 29.0 Å². The molecule has 1 rings (SSSR count). The SMILES string of the molecule is CC(C)CC(CN(C)C)Nc1ncccc1S(C)(=O)=O. The molecule has 0 saturated heterocycles. The van der Waals surface area contributed by atoms with E-state index in [0.717, 1.165) is 13.0 Å². The van der Waals surface area contributed by atoms with Gasteiger partial charge in [0.1, 0.15) is 10.7 Å². The van der Waals surface area contributed by atoms with Crippen LogP contribution in [0.5, 0.6) is 0 Å². The van der Waals surface area contributed by atoms with E-state index in [0.29, 0.717) is 11.7 Å². The lowest BCUT2D eigenvalue weighted by Gasteiger charge is -2.25. The molecule has 0 spiro atoms. The third-order valence-electron chi connectivity index (χ3n) is 2.85. The first-order valence-corrected chi connectivity index (χ1v) is 8.65. The molecule has 114 valence electrons. The molecule has 0 radical (unpaired) electrons. The number of rotatable bonds is 7. The van der Waals surface area contributed by atoms with E-state index in [1.165, 1.54) is 6.26 Å². The van der Waals surface area contributed by atoms with Gasteiger partial charge in [0, 0.05) is 25.0 Å². The van der Waals surface area contributed by atoms with E-state index < -0.39 is 9.84 Å². The van der Waals surface area contributed by atoms with E-state index in [1.54, 1.807) is 18.3 Å². The molecule has 1 N–H and O–H groups in total. The zero-order chi connectivity index (χ0) is 15.3. The summed E-state index contributed by atoms with van der Waals surface area (Å²) in [6.45, 7) is 5.14. The van der Waals surface area contributed by atoms with Crippen molar-refractivity contribution < 1.29 is 8.42 Å². The lowest BCUT2D eigenvalue weighted by atomic mass is 10.0. The topological polar surface area (TPSA) is 62.3 Å². The molecule has 6 heteroatoms. The fourth-order valence-electron chi connectivity index (χ4n) is 2.18. The first-order valence-electron chi connectivity index (χ1n) is 6.76. The molecule has 0 saturated carbocycles. The van der Waals surface area contributed by atoms with Crippen molar-refractivity contribution in [3.8, 4) is 0 Å². The number of sulfone groups is 1. The molecule has 0 fully saturated rings. The van der Waals surface area contributed by atoms with Crippen LogP contribution in [0.1, 0.15) is 20.3 Å². The molecule has 0 bridgehead atoms. The summed E-state index contributed by atoms with van der Waals surface area (Å²) in [5.41, 5.74) is 0. The predicted octanol–water partition coefficient (Wildman–Crippen LogP) is 1.87. The second-order valence-corrected chi connectivity index (χ2v) is 7.84. The van der Waals surface area contributed by atoms with Crippen LogP contribution >= 0.6 is 0 Å². The second kappa shape index (κ2) is 7.04. The summed E-state index contributed by atoms with van der Waals surface area (Å²) in [4.78, 5) is 6.53. The second-order valence-electron chi connectivity index (χ2n) is 5.86. The normalized spacial score (nSPS) is 13.8. The van der Waals surface area contributed by atoms with Crippen molar-refractivity contribution in [1.82, 2.24) is 9.88 Å². The van der Waals surface area contributed by atoms with Crippen molar-refractivity contribution in [2.75, 3.05) is 32.2 Å². The predicted molar refractivity (Wildman–Crippen MR) is 82.8 cm³/mol. The first kappa shape index (κ1) is 16.9. The summed E-state index contributed by atoms with van der Waals surface area (Å²) in [5.74, 6) is 0.973. The zero-order valence-corrected chi connectivity index (χ0v) is 13.7. The number of likely N-dealkylation sites (N-methyl/N-ethyl adjacent to an activating group) is 1. The van der Waals surface area contributed by atoms with Gasteiger partial charge < -0.3 is 10.2 Å². The first-order chi connectivity index (χ1) is 9.20. The standard InChI is InChI=1S/C14H25N3O2S/c1-11(2)9-12(10-17(3)4)16-14-13(20(5,18)19)7-6-8-15-14/h6-8,11-12H,9-10H2,1-5H3,(H,15,16). The highest BCUT2D eigenvalue weighted by atomic mass is 32.2. The van der Waals surface area contributed by atoms with Crippen LogP contribution in [0.4, 0.5) is 5.82 Å². The molecule has 1 aromatic rings. The molecule has 0 amide bonds. The molecule has 1 heterocycles. The summed E-state index contributed by atoms with van der Waals surface area (Å²) < 4.78 is 23.6. The molecule has 5 nitrogen and oxygen atoms in total. The number of nitrogens with zero attached hydrogens (tertiary/aromatic N) is 2. The van der Waals surface area contributed by atoms with Gasteiger partial charge in [-0.25, -0.2) is 13.4 Å². The maximum Gasteiger partial charge on any atom is 0.179 e. The lowest BCUT2D eigenvalue weighted by Crippen LogP contribution is -2.34. The van der Waals surface area contributed by atoms with Crippen molar-refractivity contribution in [3.05, 3.63) is 18.3 Å². The van der Waals surface area contributed by atoms with Crippen molar-refractivity contribution in [3.63, 3.8) is 0 Å². The van der Waals surface area contributed by atoms with Crippen LogP contribution < -0.4 is 5.32 Å². The maximum atomic E-state index is 11.8. The molecular formula is C14H25N3O2S. The van der Waals surface area contributed by atoms with Crippen LogP contribution in [0.15, 0.2) is 23.2 Å². The van der Waals surface area contributed by atoms with E-state index in [1.807, 2.05) is 14.1 Å². The van der Waals surface area contributed by atoms with Gasteiger partial charge in [-0.1, -0.05) is 13.8 Å². The van der Waals surface area contributed by atoms with Gasteiger partial charge in [0.25, 0.3) is 0 Å². The van der Waals surface area contributed by atoms with E-state index >= 15 is 0 Å². The molecular weight excluding hydrogens is 274 g/mol. The third kappa shape index (κ3) is 5.46. The van der Waals surface area contributed by atoms with Crippen LogP contribution in [0.25, 0.3) is 0 Å². The summed E-state index contributed by atoms with van der Waals surface area (Å²) in [6, 6.07) is 3.40. The number of pyridine rings is 1. The smallest absolute Gasteiger partial charge is 0.179 e. The summed E-state index contributed by atoms with van der Waals surface area (Å²) in [5, 5.41) is 3.28. The highest BCUT2D eigenvalue weighted by Crippen LogP contribution is 2.20. The third-order valence-corrected chi connectivity index (χ3v) is 3.98. The van der Waals surface area contributed by atoms with Crippen molar-refractivity contribution >= 4 is 15.7 Å². The van der Waals surface area contributed by atoms with Crippen LogP contribution in [-0.2, 0) is 9.84 Å². The molecule has 1 aromatic heterocycles. The Bertz CT molecular complexity index is 517. The monoisotopic (exact) mass is 299 g/mol. The van der Waals surface area contributed by atoms with Gasteiger partial charge in [0.15, 0.2) is 9.84 Å². The largest absolute Gasteiger partial charge is 0.365 e. The summed E-state index contributed by atoms with van der Waals surface area (Å²) >= 11 is 0. The van der Waals surface area contributed by atoms with E-state index in [9.17, 15) is 8.42 Å². The highest BCUT2D eigenvalue weighted by molar-refractivity contribution is 7.90. The van der Waals surface area contributed by atoms with Crippen LogP contribution in [0, 0.1) is 5.92 Å². The molecule has 0 aliphatic carbocycles. The van der Waals surface area contributed by atoms with E-state index in [4.69, 9.17) is 0 Å². The van der Waals surface area contributed by atoms with Crippen LogP contribution in [0.3, 0.4) is 0 Å².